The summed E-state index contributed by atoms with van der Waals surface area (Å²) >= 11 is 1.21. The fraction of sp³-hybridized carbons (Fsp3) is 0.259. The van der Waals surface area contributed by atoms with Crippen molar-refractivity contribution in [3.63, 3.8) is 0 Å². The predicted octanol–water partition coefficient (Wildman–Crippen LogP) is 0.941. The number of para-hydroxylation sites is 2. The minimum absolute atomic E-state index is 0.165. The average Bonchev–Trinajstić information content (AvgIpc) is 3.22. The zero-order chi connectivity index (χ0) is 29.4. The number of β-lactam (4-membered cyclic amide) rings is 1. The van der Waals surface area contributed by atoms with Gasteiger partial charge in [-0.3, -0.25) is 23.9 Å². The fourth-order valence-electron chi connectivity index (χ4n) is 4.84. The number of rotatable bonds is 7. The van der Waals surface area contributed by atoms with E-state index in [0.29, 0.717) is 16.6 Å². The van der Waals surface area contributed by atoms with Gasteiger partial charge in [0.25, 0.3) is 5.91 Å². The van der Waals surface area contributed by atoms with Gasteiger partial charge in [0, 0.05) is 25.3 Å². The lowest BCUT2D eigenvalue weighted by Gasteiger charge is -2.49. The molecule has 2 aliphatic rings. The van der Waals surface area contributed by atoms with Crippen LogP contribution in [0.4, 0.5) is 4.79 Å². The largest absolute Gasteiger partial charge is 0.477 e. The summed E-state index contributed by atoms with van der Waals surface area (Å²) in [4.78, 5) is 77.2. The van der Waals surface area contributed by atoms with Gasteiger partial charge in [0.1, 0.15) is 29.8 Å². The Bertz CT molecular complexity index is 1680. The second kappa shape index (κ2) is 11.0. The van der Waals surface area contributed by atoms with E-state index in [9.17, 15) is 33.9 Å². The topological polar surface area (TPSA) is 169 Å². The summed E-state index contributed by atoms with van der Waals surface area (Å²) in [6.07, 6.45) is 0. The van der Waals surface area contributed by atoms with Crippen LogP contribution in [0.1, 0.15) is 18.5 Å². The number of carboxylic acid groups (broad SMARTS) is 1. The Morgan fingerprint density at radius 3 is 2.37 bits per heavy atom. The van der Waals surface area contributed by atoms with E-state index in [1.54, 1.807) is 54.6 Å². The maximum atomic E-state index is 13.6. The third kappa shape index (κ3) is 4.97. The first-order chi connectivity index (χ1) is 19.6. The number of nitrogens with one attached hydrogen (secondary N) is 2. The van der Waals surface area contributed by atoms with E-state index >= 15 is 0 Å². The van der Waals surface area contributed by atoms with Gasteiger partial charge in [0.2, 0.25) is 5.91 Å². The smallest absolute Gasteiger partial charge is 0.352 e. The first kappa shape index (κ1) is 27.7. The minimum Gasteiger partial charge on any atom is -0.477 e. The van der Waals surface area contributed by atoms with E-state index in [-0.39, 0.29) is 23.6 Å². The summed E-state index contributed by atoms with van der Waals surface area (Å²) in [5, 5.41) is 14.3. The summed E-state index contributed by atoms with van der Waals surface area (Å²) in [6.45, 7) is 0.922. The molecule has 1 fully saturated rings. The van der Waals surface area contributed by atoms with Crippen molar-refractivity contribution in [3.05, 3.63) is 81.9 Å². The Morgan fingerprint density at radius 1 is 1.05 bits per heavy atom. The molecule has 2 aromatic carbocycles. The lowest BCUT2D eigenvalue weighted by Crippen LogP contribution is -2.71. The van der Waals surface area contributed by atoms with Crippen molar-refractivity contribution < 1.29 is 33.8 Å². The van der Waals surface area contributed by atoms with Gasteiger partial charge in [-0.25, -0.2) is 19.0 Å². The Kier molecular flexibility index (Phi) is 7.41. The molecule has 212 valence electrons. The van der Waals surface area contributed by atoms with Gasteiger partial charge >= 0.3 is 23.7 Å². The molecule has 3 amide bonds. The zero-order valence-electron chi connectivity index (χ0n) is 21.9. The van der Waals surface area contributed by atoms with Crippen LogP contribution in [0.15, 0.2) is 70.7 Å². The molecule has 0 radical (unpaired) electrons. The lowest BCUT2D eigenvalue weighted by molar-refractivity contribution is -0.151. The number of aryl methyl sites for hydroxylation is 1. The highest BCUT2D eigenvalue weighted by molar-refractivity contribution is 8.00. The van der Waals surface area contributed by atoms with Crippen molar-refractivity contribution in [3.8, 4) is 0 Å². The second-order valence-corrected chi connectivity index (χ2v) is 10.5. The van der Waals surface area contributed by atoms with Gasteiger partial charge in [0.05, 0.1) is 11.0 Å². The molecule has 1 aromatic heterocycles. The van der Waals surface area contributed by atoms with Crippen molar-refractivity contribution in [1.82, 2.24) is 24.7 Å². The molecule has 3 atom stereocenters. The second-order valence-electron chi connectivity index (χ2n) is 9.39. The molecule has 3 N–H and O–H groups in total. The molecule has 41 heavy (non-hydrogen) atoms. The number of aliphatic carboxylic acids is 1. The van der Waals surface area contributed by atoms with Crippen LogP contribution in [0.5, 0.6) is 0 Å². The summed E-state index contributed by atoms with van der Waals surface area (Å²) in [6, 6.07) is 11.8. The van der Waals surface area contributed by atoms with Crippen LogP contribution >= 0.6 is 11.8 Å². The maximum absolute atomic E-state index is 13.6. The Hall–Kier alpha value is -4.85. The number of ether oxygens (including phenoxy) is 1. The van der Waals surface area contributed by atoms with E-state index in [2.05, 4.69) is 10.6 Å². The van der Waals surface area contributed by atoms with Gasteiger partial charge in [-0.2, -0.15) is 0 Å². The number of esters is 1. The van der Waals surface area contributed by atoms with E-state index in [4.69, 9.17) is 4.74 Å². The van der Waals surface area contributed by atoms with Crippen LogP contribution in [-0.4, -0.2) is 72.7 Å². The fourth-order valence-corrected chi connectivity index (χ4v) is 6.17. The number of carbonyl (C=O) groups is 5. The number of carbonyl (C=O) groups excluding carboxylic acids is 4. The SMILES string of the molecule is CC(=O)OCC1=C(C(=O)O)N2C(=O)C(NC(=O)C(NC(=O)n3c(=O)n(C)c4ccccc43)c3ccccc3)[C@@H]2SC1. The van der Waals surface area contributed by atoms with Crippen molar-refractivity contribution in [2.24, 2.45) is 7.05 Å². The highest BCUT2D eigenvalue weighted by atomic mass is 32.2. The molecule has 0 aliphatic carbocycles. The summed E-state index contributed by atoms with van der Waals surface area (Å²) in [7, 11) is 1.53. The zero-order valence-corrected chi connectivity index (χ0v) is 22.7. The van der Waals surface area contributed by atoms with Crippen LogP contribution in [0.2, 0.25) is 0 Å². The molecule has 0 spiro atoms. The highest BCUT2D eigenvalue weighted by Crippen LogP contribution is 2.40. The molecule has 0 saturated carbocycles. The molecular formula is C27H25N5O8S. The van der Waals surface area contributed by atoms with Gasteiger partial charge < -0.3 is 20.5 Å². The minimum atomic E-state index is -1.36. The molecule has 2 aliphatic heterocycles. The maximum Gasteiger partial charge on any atom is 0.352 e. The van der Waals surface area contributed by atoms with Crippen LogP contribution in [-0.2, 0) is 31.0 Å². The van der Waals surface area contributed by atoms with E-state index in [1.807, 2.05) is 0 Å². The van der Waals surface area contributed by atoms with Crippen molar-refractivity contribution >= 4 is 52.6 Å². The molecule has 0 bridgehead atoms. The summed E-state index contributed by atoms with van der Waals surface area (Å²) in [5.74, 6) is -3.15. The number of amides is 3. The Labute approximate surface area is 236 Å². The lowest BCUT2D eigenvalue weighted by atomic mass is 10.0. The molecule has 2 unspecified atom stereocenters. The Morgan fingerprint density at radius 2 is 1.71 bits per heavy atom. The third-order valence-electron chi connectivity index (χ3n) is 6.83. The van der Waals surface area contributed by atoms with Gasteiger partial charge in [0.15, 0.2) is 0 Å². The molecular weight excluding hydrogens is 554 g/mol. The van der Waals surface area contributed by atoms with Gasteiger partial charge in [-0.1, -0.05) is 42.5 Å². The van der Waals surface area contributed by atoms with Gasteiger partial charge in [-0.15, -0.1) is 11.8 Å². The molecule has 5 rings (SSSR count). The molecule has 3 aromatic rings. The normalized spacial score (nSPS) is 18.8. The highest BCUT2D eigenvalue weighted by Gasteiger charge is 2.54. The van der Waals surface area contributed by atoms with Crippen molar-refractivity contribution in [2.75, 3.05) is 12.4 Å². The quantitative estimate of drug-likeness (QED) is 0.272. The first-order valence-electron chi connectivity index (χ1n) is 12.5. The van der Waals surface area contributed by atoms with Crippen LogP contribution in [0.25, 0.3) is 11.0 Å². The van der Waals surface area contributed by atoms with Gasteiger partial charge in [-0.05, 0) is 17.7 Å². The standard InChI is InChI=1S/C27H25N5O8S/c1-14(33)40-12-16-13-41-24-20(23(35)32(24)21(16)25(36)37)28-22(34)19(15-8-4-3-5-9-15)29-26(38)31-18-11-7-6-10-17(18)30(2)27(31)39/h3-11,19-20,24H,12-13H2,1-2H3,(H,28,34)(H,29,38)(H,36,37)/t19?,20?,24-/m0/s1. The number of hydrogen-bond donors (Lipinski definition) is 3. The Balaban J connectivity index is 1.39. The average molecular weight is 580 g/mol. The molecule has 1 saturated heterocycles. The number of hydrogen-bond acceptors (Lipinski definition) is 8. The number of imidazole rings is 1. The summed E-state index contributed by atoms with van der Waals surface area (Å²) in [5.41, 5.74) is 0.665. The number of carboxylic acids is 1. The molecule has 14 heteroatoms. The number of benzene rings is 2. The predicted molar refractivity (Wildman–Crippen MR) is 147 cm³/mol. The van der Waals surface area contributed by atoms with Crippen molar-refractivity contribution in [2.45, 2.75) is 24.4 Å². The first-order valence-corrected chi connectivity index (χ1v) is 13.5. The van der Waals surface area contributed by atoms with Crippen LogP contribution < -0.4 is 16.3 Å². The number of thioether (sulfide) groups is 1. The van der Waals surface area contributed by atoms with Crippen molar-refractivity contribution in [1.29, 1.82) is 0 Å². The third-order valence-corrected chi connectivity index (χ3v) is 8.17. The van der Waals surface area contributed by atoms with Crippen LogP contribution in [0, 0.1) is 0 Å². The van der Waals surface area contributed by atoms with Crippen LogP contribution in [0.3, 0.4) is 0 Å². The van der Waals surface area contributed by atoms with E-state index in [0.717, 1.165) is 9.47 Å². The number of fused-ring (bicyclic) bond motifs is 2. The molecule has 13 nitrogen and oxygen atoms in total. The number of nitrogens with zero attached hydrogens (tertiary/aromatic N) is 3. The van der Waals surface area contributed by atoms with E-state index in [1.165, 1.54) is 30.3 Å². The number of aromatic nitrogens is 2. The summed E-state index contributed by atoms with van der Waals surface area (Å²) < 4.78 is 7.19. The van der Waals surface area contributed by atoms with E-state index < -0.39 is 52.9 Å². The monoisotopic (exact) mass is 579 g/mol. The molecule has 3 heterocycles.